The lowest BCUT2D eigenvalue weighted by Crippen LogP contribution is -2.42. The topological polar surface area (TPSA) is 27.3 Å². The molecule has 3 rings (SSSR count). The number of rotatable bonds is 2. The highest BCUT2D eigenvalue weighted by atomic mass is 19.1. The minimum Gasteiger partial charge on any atom is -0.317 e. The Labute approximate surface area is 107 Å². The van der Waals surface area contributed by atoms with Crippen LogP contribution in [-0.4, -0.2) is 37.2 Å². The average Bonchev–Trinajstić information content (AvgIpc) is 2.90. The second-order valence-electron chi connectivity index (χ2n) is 5.22. The first-order valence-electron chi connectivity index (χ1n) is 6.76. The van der Waals surface area contributed by atoms with E-state index in [2.05, 4.69) is 15.5 Å². The first-order valence-corrected chi connectivity index (χ1v) is 6.76. The molecule has 0 amide bonds. The minimum atomic E-state index is -0.160. The first kappa shape index (κ1) is 12.1. The summed E-state index contributed by atoms with van der Waals surface area (Å²) >= 11 is 0. The van der Waals surface area contributed by atoms with Crippen LogP contribution in [-0.2, 0) is 0 Å². The second kappa shape index (κ2) is 5.34. The van der Waals surface area contributed by atoms with E-state index in [1.807, 2.05) is 12.1 Å². The fraction of sp³-hybridized carbons (Fsp3) is 0.571. The second-order valence-corrected chi connectivity index (χ2v) is 5.22. The van der Waals surface area contributed by atoms with E-state index >= 15 is 0 Å². The predicted molar refractivity (Wildman–Crippen MR) is 69.7 cm³/mol. The molecule has 2 fully saturated rings. The summed E-state index contributed by atoms with van der Waals surface area (Å²) < 4.78 is 12.9. The number of halogens is 1. The van der Waals surface area contributed by atoms with Gasteiger partial charge in [-0.2, -0.15) is 0 Å². The number of nitrogens with zero attached hydrogens (tertiary/aromatic N) is 1. The molecule has 1 unspecified atom stereocenters. The highest BCUT2D eigenvalue weighted by Crippen LogP contribution is 2.23. The Morgan fingerprint density at radius 1 is 1.11 bits per heavy atom. The fourth-order valence-corrected chi connectivity index (χ4v) is 2.96. The van der Waals surface area contributed by atoms with Crippen molar-refractivity contribution in [3.63, 3.8) is 0 Å². The van der Waals surface area contributed by atoms with Crippen molar-refractivity contribution in [1.82, 2.24) is 15.5 Å². The fourth-order valence-electron chi connectivity index (χ4n) is 2.96. The van der Waals surface area contributed by atoms with Crippen molar-refractivity contribution in [1.29, 1.82) is 0 Å². The summed E-state index contributed by atoms with van der Waals surface area (Å²) in [6.07, 6.45) is 2.47. The molecule has 98 valence electrons. The summed E-state index contributed by atoms with van der Waals surface area (Å²) in [6, 6.07) is 7.91. The van der Waals surface area contributed by atoms with E-state index in [1.165, 1.54) is 18.4 Å². The van der Waals surface area contributed by atoms with E-state index in [-0.39, 0.29) is 5.82 Å². The van der Waals surface area contributed by atoms with E-state index in [0.717, 1.165) is 26.3 Å². The van der Waals surface area contributed by atoms with Crippen molar-refractivity contribution >= 4 is 0 Å². The molecule has 0 aromatic heterocycles. The third-order valence-corrected chi connectivity index (χ3v) is 4.06. The first-order chi connectivity index (χ1) is 8.83. The molecule has 0 spiro atoms. The lowest BCUT2D eigenvalue weighted by atomic mass is 10.0. The SMILES string of the molecule is Fc1ccc(C2CN(C3CCNCC3)CN2)cc1. The van der Waals surface area contributed by atoms with Gasteiger partial charge in [0.05, 0.1) is 0 Å². The predicted octanol–water partition coefficient (Wildman–Crippen LogP) is 1.48. The summed E-state index contributed by atoms with van der Waals surface area (Å²) in [5.41, 5.74) is 1.19. The van der Waals surface area contributed by atoms with Crippen LogP contribution in [0.5, 0.6) is 0 Å². The molecular weight excluding hydrogens is 229 g/mol. The largest absolute Gasteiger partial charge is 0.317 e. The van der Waals surface area contributed by atoms with Gasteiger partial charge in [0.25, 0.3) is 0 Å². The molecule has 0 bridgehead atoms. The molecule has 4 heteroatoms. The average molecular weight is 249 g/mol. The molecule has 2 aliphatic heterocycles. The molecule has 0 saturated carbocycles. The lowest BCUT2D eigenvalue weighted by Gasteiger charge is -2.30. The zero-order valence-electron chi connectivity index (χ0n) is 10.5. The molecule has 2 N–H and O–H groups in total. The summed E-state index contributed by atoms with van der Waals surface area (Å²) in [4.78, 5) is 2.52. The van der Waals surface area contributed by atoms with Crippen LogP contribution in [0.3, 0.4) is 0 Å². The smallest absolute Gasteiger partial charge is 0.123 e. The van der Waals surface area contributed by atoms with Crippen LogP contribution < -0.4 is 10.6 Å². The van der Waals surface area contributed by atoms with Gasteiger partial charge >= 0.3 is 0 Å². The van der Waals surface area contributed by atoms with E-state index in [1.54, 1.807) is 12.1 Å². The van der Waals surface area contributed by atoms with E-state index < -0.39 is 0 Å². The molecular formula is C14H20FN3. The molecule has 2 aliphatic rings. The van der Waals surface area contributed by atoms with Gasteiger partial charge in [-0.1, -0.05) is 12.1 Å². The zero-order chi connectivity index (χ0) is 12.4. The van der Waals surface area contributed by atoms with Crippen LogP contribution in [0.1, 0.15) is 24.4 Å². The molecule has 0 radical (unpaired) electrons. The number of hydrogen-bond acceptors (Lipinski definition) is 3. The maximum absolute atomic E-state index is 12.9. The molecule has 1 aromatic carbocycles. The summed E-state index contributed by atoms with van der Waals surface area (Å²) in [7, 11) is 0. The third kappa shape index (κ3) is 2.55. The van der Waals surface area contributed by atoms with Crippen molar-refractivity contribution in [2.24, 2.45) is 0 Å². The van der Waals surface area contributed by atoms with Crippen LogP contribution in [0.2, 0.25) is 0 Å². The Morgan fingerprint density at radius 3 is 2.56 bits per heavy atom. The molecule has 1 atom stereocenters. The van der Waals surface area contributed by atoms with Crippen molar-refractivity contribution in [2.75, 3.05) is 26.3 Å². The molecule has 18 heavy (non-hydrogen) atoms. The van der Waals surface area contributed by atoms with Gasteiger partial charge < -0.3 is 5.32 Å². The monoisotopic (exact) mass is 249 g/mol. The van der Waals surface area contributed by atoms with Gasteiger partial charge in [-0.05, 0) is 43.6 Å². The van der Waals surface area contributed by atoms with Gasteiger partial charge in [-0.25, -0.2) is 4.39 Å². The molecule has 2 saturated heterocycles. The Bertz CT molecular complexity index is 387. The molecule has 1 aromatic rings. The van der Waals surface area contributed by atoms with Crippen LogP contribution in [0.25, 0.3) is 0 Å². The Morgan fingerprint density at radius 2 is 1.83 bits per heavy atom. The number of piperidine rings is 1. The summed E-state index contributed by atoms with van der Waals surface area (Å²) in [5.74, 6) is -0.160. The van der Waals surface area contributed by atoms with Crippen molar-refractivity contribution in [3.8, 4) is 0 Å². The minimum absolute atomic E-state index is 0.160. The zero-order valence-corrected chi connectivity index (χ0v) is 10.5. The van der Waals surface area contributed by atoms with Gasteiger partial charge in [-0.15, -0.1) is 0 Å². The quantitative estimate of drug-likeness (QED) is 0.831. The summed E-state index contributed by atoms with van der Waals surface area (Å²) in [6.45, 7) is 4.24. The Balaban J connectivity index is 1.62. The maximum atomic E-state index is 12.9. The van der Waals surface area contributed by atoms with Gasteiger partial charge in [0.2, 0.25) is 0 Å². The molecule has 3 nitrogen and oxygen atoms in total. The normalized spacial score (nSPS) is 26.6. The van der Waals surface area contributed by atoms with Gasteiger partial charge in [0, 0.05) is 25.3 Å². The standard InChI is InChI=1S/C14H20FN3/c15-12-3-1-11(2-4-12)14-9-18(10-17-14)13-5-7-16-8-6-13/h1-4,13-14,16-17H,5-10H2. The summed E-state index contributed by atoms with van der Waals surface area (Å²) in [5, 5.41) is 6.92. The van der Waals surface area contributed by atoms with Crippen molar-refractivity contribution in [3.05, 3.63) is 35.6 Å². The van der Waals surface area contributed by atoms with Crippen LogP contribution in [0.15, 0.2) is 24.3 Å². The maximum Gasteiger partial charge on any atom is 0.123 e. The van der Waals surface area contributed by atoms with Crippen LogP contribution in [0, 0.1) is 5.82 Å². The van der Waals surface area contributed by atoms with Gasteiger partial charge in [0.15, 0.2) is 0 Å². The third-order valence-electron chi connectivity index (χ3n) is 4.06. The van der Waals surface area contributed by atoms with Crippen LogP contribution >= 0.6 is 0 Å². The highest BCUT2D eigenvalue weighted by molar-refractivity contribution is 5.21. The van der Waals surface area contributed by atoms with E-state index in [9.17, 15) is 4.39 Å². The Kier molecular flexibility index (Phi) is 3.59. The van der Waals surface area contributed by atoms with Crippen molar-refractivity contribution in [2.45, 2.75) is 24.9 Å². The molecule has 0 aliphatic carbocycles. The number of hydrogen-bond donors (Lipinski definition) is 2. The highest BCUT2D eigenvalue weighted by Gasteiger charge is 2.29. The molecule has 2 heterocycles. The van der Waals surface area contributed by atoms with E-state index in [0.29, 0.717) is 12.1 Å². The van der Waals surface area contributed by atoms with E-state index in [4.69, 9.17) is 0 Å². The van der Waals surface area contributed by atoms with Gasteiger partial charge in [-0.3, -0.25) is 10.2 Å². The van der Waals surface area contributed by atoms with Crippen LogP contribution in [0.4, 0.5) is 4.39 Å². The van der Waals surface area contributed by atoms with Gasteiger partial charge in [0.1, 0.15) is 5.82 Å². The number of nitrogens with one attached hydrogen (secondary N) is 2. The lowest BCUT2D eigenvalue weighted by molar-refractivity contribution is 0.194. The number of benzene rings is 1. The Hall–Kier alpha value is -0.970. The van der Waals surface area contributed by atoms with Crippen molar-refractivity contribution < 1.29 is 4.39 Å².